The highest BCUT2D eigenvalue weighted by molar-refractivity contribution is 8.02. The van der Waals surface area contributed by atoms with E-state index in [1.165, 1.54) is 29.2 Å². The lowest BCUT2D eigenvalue weighted by Crippen LogP contribution is -2.13. The quantitative estimate of drug-likeness (QED) is 0.635. The standard InChI is InChI=1S/C14H15F2N3OS2/c1-7(2)17-13-18-19-14(22-13)21-8(3)12(20)9-4-5-10(15)11(16)6-9/h4-8H,1-3H3,(H,17,18). The molecular weight excluding hydrogens is 328 g/mol. The predicted octanol–water partition coefficient (Wildman–Crippen LogP) is 4.00. The van der Waals surface area contributed by atoms with Gasteiger partial charge in [0, 0.05) is 11.6 Å². The molecule has 1 N–H and O–H groups in total. The number of nitrogens with one attached hydrogen (secondary N) is 1. The van der Waals surface area contributed by atoms with Crippen molar-refractivity contribution in [3.05, 3.63) is 35.4 Å². The number of halogens is 2. The summed E-state index contributed by atoms with van der Waals surface area (Å²) >= 11 is 2.59. The summed E-state index contributed by atoms with van der Waals surface area (Å²) in [5.74, 6) is -2.27. The van der Waals surface area contributed by atoms with E-state index in [1.54, 1.807) is 6.92 Å². The highest BCUT2D eigenvalue weighted by Crippen LogP contribution is 2.30. The molecule has 0 aliphatic carbocycles. The summed E-state index contributed by atoms with van der Waals surface area (Å²) in [6, 6.07) is 3.40. The zero-order valence-corrected chi connectivity index (χ0v) is 13.9. The topological polar surface area (TPSA) is 54.9 Å². The van der Waals surface area contributed by atoms with Crippen LogP contribution in [-0.4, -0.2) is 27.3 Å². The summed E-state index contributed by atoms with van der Waals surface area (Å²) in [6.07, 6.45) is 0. The Bertz CT molecular complexity index is 676. The maximum atomic E-state index is 13.2. The molecule has 0 spiro atoms. The smallest absolute Gasteiger partial charge is 0.206 e. The largest absolute Gasteiger partial charge is 0.358 e. The van der Waals surface area contributed by atoms with Gasteiger partial charge < -0.3 is 5.32 Å². The van der Waals surface area contributed by atoms with E-state index in [1.807, 2.05) is 13.8 Å². The molecule has 1 atom stereocenters. The fourth-order valence-corrected chi connectivity index (χ4v) is 3.77. The number of rotatable bonds is 6. The Labute approximate surface area is 135 Å². The van der Waals surface area contributed by atoms with Crippen LogP contribution in [-0.2, 0) is 0 Å². The van der Waals surface area contributed by atoms with Crippen molar-refractivity contribution < 1.29 is 13.6 Å². The van der Waals surface area contributed by atoms with Gasteiger partial charge in [0.25, 0.3) is 0 Å². The second-order valence-electron chi connectivity index (χ2n) is 4.93. The van der Waals surface area contributed by atoms with E-state index in [2.05, 4.69) is 15.5 Å². The molecule has 0 aliphatic rings. The van der Waals surface area contributed by atoms with Gasteiger partial charge in [0.15, 0.2) is 21.8 Å². The molecule has 1 heterocycles. The number of nitrogens with zero attached hydrogens (tertiary/aromatic N) is 2. The number of Topliss-reactive ketones (excluding diaryl/α,β-unsaturated/α-hetero) is 1. The van der Waals surface area contributed by atoms with E-state index in [4.69, 9.17) is 0 Å². The third-order valence-corrected chi connectivity index (χ3v) is 4.71. The second-order valence-corrected chi connectivity index (χ2v) is 7.49. The third-order valence-electron chi connectivity index (χ3n) is 2.67. The number of carbonyl (C=O) groups is 1. The van der Waals surface area contributed by atoms with Crippen molar-refractivity contribution >= 4 is 34.0 Å². The van der Waals surface area contributed by atoms with Gasteiger partial charge in [-0.3, -0.25) is 4.79 Å². The molecule has 4 nitrogen and oxygen atoms in total. The van der Waals surface area contributed by atoms with Crippen LogP contribution in [0.2, 0.25) is 0 Å². The maximum absolute atomic E-state index is 13.2. The lowest BCUT2D eigenvalue weighted by Gasteiger charge is -2.08. The number of hydrogen-bond acceptors (Lipinski definition) is 6. The van der Waals surface area contributed by atoms with Crippen molar-refractivity contribution in [2.75, 3.05) is 5.32 Å². The van der Waals surface area contributed by atoms with E-state index in [-0.39, 0.29) is 17.4 Å². The van der Waals surface area contributed by atoms with Crippen molar-refractivity contribution in [3.63, 3.8) is 0 Å². The number of benzene rings is 1. The minimum Gasteiger partial charge on any atom is -0.358 e. The molecular formula is C14H15F2N3OS2. The molecule has 22 heavy (non-hydrogen) atoms. The van der Waals surface area contributed by atoms with Gasteiger partial charge in [-0.2, -0.15) is 0 Å². The van der Waals surface area contributed by atoms with Gasteiger partial charge in [-0.1, -0.05) is 23.1 Å². The zero-order chi connectivity index (χ0) is 16.3. The Hall–Kier alpha value is -1.54. The highest BCUT2D eigenvalue weighted by atomic mass is 32.2. The minimum absolute atomic E-state index is 0.143. The molecule has 8 heteroatoms. The molecule has 118 valence electrons. The first kappa shape index (κ1) is 16.8. The molecule has 1 unspecified atom stereocenters. The SMILES string of the molecule is CC(C)Nc1nnc(SC(C)C(=O)c2ccc(F)c(F)c2)s1. The minimum atomic E-state index is -1.03. The fourth-order valence-electron chi connectivity index (χ4n) is 1.65. The number of hydrogen-bond donors (Lipinski definition) is 1. The first-order valence-corrected chi connectivity index (χ1v) is 8.32. The van der Waals surface area contributed by atoms with Crippen molar-refractivity contribution in [3.8, 4) is 0 Å². The van der Waals surface area contributed by atoms with Crippen molar-refractivity contribution in [2.45, 2.75) is 36.4 Å². The molecule has 0 saturated carbocycles. The van der Waals surface area contributed by atoms with Gasteiger partial charge >= 0.3 is 0 Å². The molecule has 0 aliphatic heterocycles. The number of thioether (sulfide) groups is 1. The van der Waals surface area contributed by atoms with Crippen molar-refractivity contribution in [2.24, 2.45) is 0 Å². The maximum Gasteiger partial charge on any atom is 0.206 e. The Kier molecular flexibility index (Phi) is 5.47. The average molecular weight is 343 g/mol. The third kappa shape index (κ3) is 4.23. The van der Waals surface area contributed by atoms with Crippen LogP contribution in [0.5, 0.6) is 0 Å². The first-order chi connectivity index (χ1) is 10.4. The summed E-state index contributed by atoms with van der Waals surface area (Å²) in [6.45, 7) is 5.68. The molecule has 0 saturated heterocycles. The molecule has 1 aromatic heterocycles. The normalized spacial score (nSPS) is 12.5. The second kappa shape index (κ2) is 7.15. The Morgan fingerprint density at radius 2 is 1.95 bits per heavy atom. The van der Waals surface area contributed by atoms with Crippen LogP contribution < -0.4 is 5.32 Å². The van der Waals surface area contributed by atoms with Crippen molar-refractivity contribution in [1.82, 2.24) is 10.2 Å². The number of ketones is 1. The lowest BCUT2D eigenvalue weighted by molar-refractivity contribution is 0.0993. The van der Waals surface area contributed by atoms with Crippen molar-refractivity contribution in [1.29, 1.82) is 0 Å². The number of aromatic nitrogens is 2. The zero-order valence-electron chi connectivity index (χ0n) is 12.3. The lowest BCUT2D eigenvalue weighted by atomic mass is 10.1. The molecule has 0 fully saturated rings. The van der Waals surface area contributed by atoms with E-state index in [9.17, 15) is 13.6 Å². The summed E-state index contributed by atoms with van der Waals surface area (Å²) in [5, 5.41) is 11.3. The number of anilines is 1. The predicted molar refractivity (Wildman–Crippen MR) is 84.7 cm³/mol. The van der Waals surface area contributed by atoms with E-state index in [0.717, 1.165) is 12.1 Å². The number of carbonyl (C=O) groups excluding carboxylic acids is 1. The molecule has 2 aromatic rings. The molecule has 0 bridgehead atoms. The first-order valence-electron chi connectivity index (χ1n) is 6.62. The highest BCUT2D eigenvalue weighted by Gasteiger charge is 2.20. The van der Waals surface area contributed by atoms with Gasteiger partial charge in [-0.25, -0.2) is 8.78 Å². The van der Waals surface area contributed by atoms with Crippen LogP contribution in [0.25, 0.3) is 0 Å². The van der Waals surface area contributed by atoms with Crippen LogP contribution >= 0.6 is 23.1 Å². The molecule has 2 rings (SSSR count). The molecule has 0 radical (unpaired) electrons. The van der Waals surface area contributed by atoms with Crippen LogP contribution in [0, 0.1) is 11.6 Å². The van der Waals surface area contributed by atoms with Gasteiger partial charge in [-0.05, 0) is 39.0 Å². The van der Waals surface area contributed by atoms with Crippen LogP contribution in [0.15, 0.2) is 22.5 Å². The Morgan fingerprint density at radius 1 is 1.23 bits per heavy atom. The average Bonchev–Trinajstić information content (AvgIpc) is 2.87. The fraction of sp³-hybridized carbons (Fsp3) is 0.357. The van der Waals surface area contributed by atoms with Crippen LogP contribution in [0.1, 0.15) is 31.1 Å². The summed E-state index contributed by atoms with van der Waals surface area (Å²) in [5.41, 5.74) is 0.143. The summed E-state index contributed by atoms with van der Waals surface area (Å²) < 4.78 is 26.7. The summed E-state index contributed by atoms with van der Waals surface area (Å²) in [7, 11) is 0. The van der Waals surface area contributed by atoms with Crippen LogP contribution in [0.3, 0.4) is 0 Å². The Morgan fingerprint density at radius 3 is 2.59 bits per heavy atom. The van der Waals surface area contributed by atoms with Crippen LogP contribution in [0.4, 0.5) is 13.9 Å². The Balaban J connectivity index is 2.04. The van der Waals surface area contributed by atoms with E-state index < -0.39 is 16.9 Å². The van der Waals surface area contributed by atoms with E-state index in [0.29, 0.717) is 9.47 Å². The van der Waals surface area contributed by atoms with Gasteiger partial charge in [0.05, 0.1) is 5.25 Å². The summed E-state index contributed by atoms with van der Waals surface area (Å²) in [4.78, 5) is 12.2. The van der Waals surface area contributed by atoms with E-state index >= 15 is 0 Å². The monoisotopic (exact) mass is 343 g/mol. The van der Waals surface area contributed by atoms with Gasteiger partial charge in [-0.15, -0.1) is 10.2 Å². The van der Waals surface area contributed by atoms with Gasteiger partial charge in [0.2, 0.25) is 5.13 Å². The van der Waals surface area contributed by atoms with Gasteiger partial charge in [0.1, 0.15) is 0 Å². The molecule has 0 amide bonds. The molecule has 1 aromatic carbocycles.